The topological polar surface area (TPSA) is 38.1 Å². The van der Waals surface area contributed by atoms with Gasteiger partial charge in [0.05, 0.1) is 6.04 Å². The van der Waals surface area contributed by atoms with E-state index in [2.05, 4.69) is 30.2 Å². The molecule has 0 aliphatic rings. The van der Waals surface area contributed by atoms with Gasteiger partial charge in [-0.15, -0.1) is 11.3 Å². The van der Waals surface area contributed by atoms with Gasteiger partial charge in [-0.05, 0) is 33.8 Å². The summed E-state index contributed by atoms with van der Waals surface area (Å²) >= 11 is 1.68. The van der Waals surface area contributed by atoms with Gasteiger partial charge in [-0.25, -0.2) is 4.98 Å². The van der Waals surface area contributed by atoms with Crippen LogP contribution in [0, 0.1) is 13.8 Å². The standard InChI is InChI=1S/C13H18N2OS/c1-8-7-12(11(4)16-8)9(2)15-10(3)13-14-5-6-17-13/h5-7,9-10,15H,1-4H3. The predicted octanol–water partition coefficient (Wildman–Crippen LogP) is 3.76. The summed E-state index contributed by atoms with van der Waals surface area (Å²) in [5, 5.41) is 6.67. The van der Waals surface area contributed by atoms with Crippen LogP contribution >= 0.6 is 11.3 Å². The van der Waals surface area contributed by atoms with Gasteiger partial charge in [0.2, 0.25) is 0 Å². The average molecular weight is 250 g/mol. The van der Waals surface area contributed by atoms with Gasteiger partial charge < -0.3 is 9.73 Å². The smallest absolute Gasteiger partial charge is 0.109 e. The van der Waals surface area contributed by atoms with Crippen molar-refractivity contribution in [2.75, 3.05) is 0 Å². The first kappa shape index (κ1) is 12.3. The molecule has 0 aromatic carbocycles. The summed E-state index contributed by atoms with van der Waals surface area (Å²) in [6, 6.07) is 2.63. The number of furan rings is 1. The van der Waals surface area contributed by atoms with E-state index in [1.165, 1.54) is 5.56 Å². The van der Waals surface area contributed by atoms with Crippen LogP contribution in [0.1, 0.15) is 48.0 Å². The first-order valence-corrected chi connectivity index (χ1v) is 6.68. The molecule has 2 atom stereocenters. The van der Waals surface area contributed by atoms with Crippen molar-refractivity contribution in [3.05, 3.63) is 39.7 Å². The number of hydrogen-bond acceptors (Lipinski definition) is 4. The third-order valence-corrected chi connectivity index (χ3v) is 3.83. The second-order valence-electron chi connectivity index (χ2n) is 4.35. The van der Waals surface area contributed by atoms with Crippen LogP contribution in [-0.4, -0.2) is 4.98 Å². The van der Waals surface area contributed by atoms with Crippen LogP contribution in [0.2, 0.25) is 0 Å². The first-order chi connectivity index (χ1) is 8.08. The SMILES string of the molecule is Cc1cc(C(C)NC(C)c2nccs2)c(C)o1. The Morgan fingerprint density at radius 1 is 1.29 bits per heavy atom. The van der Waals surface area contributed by atoms with Crippen LogP contribution in [0.3, 0.4) is 0 Å². The van der Waals surface area contributed by atoms with Gasteiger partial charge >= 0.3 is 0 Å². The Bertz CT molecular complexity index is 476. The van der Waals surface area contributed by atoms with Crippen LogP contribution in [0.4, 0.5) is 0 Å². The zero-order chi connectivity index (χ0) is 12.4. The molecular weight excluding hydrogens is 232 g/mol. The van der Waals surface area contributed by atoms with Crippen molar-refractivity contribution in [1.29, 1.82) is 0 Å². The average Bonchev–Trinajstić information content (AvgIpc) is 2.87. The fourth-order valence-corrected chi connectivity index (χ4v) is 2.72. The third-order valence-electron chi connectivity index (χ3n) is 2.87. The molecule has 0 aliphatic carbocycles. The highest BCUT2D eigenvalue weighted by atomic mass is 32.1. The Morgan fingerprint density at radius 3 is 2.59 bits per heavy atom. The largest absolute Gasteiger partial charge is 0.466 e. The normalized spacial score (nSPS) is 14.8. The summed E-state index contributed by atoms with van der Waals surface area (Å²) < 4.78 is 5.55. The number of aromatic nitrogens is 1. The number of thiazole rings is 1. The highest BCUT2D eigenvalue weighted by Crippen LogP contribution is 2.24. The van der Waals surface area contributed by atoms with Crippen molar-refractivity contribution >= 4 is 11.3 Å². The number of rotatable bonds is 4. The van der Waals surface area contributed by atoms with Crippen LogP contribution in [-0.2, 0) is 0 Å². The molecule has 17 heavy (non-hydrogen) atoms. The number of hydrogen-bond donors (Lipinski definition) is 1. The number of aryl methyl sites for hydroxylation is 2. The minimum Gasteiger partial charge on any atom is -0.466 e. The van der Waals surface area contributed by atoms with Crippen molar-refractivity contribution < 1.29 is 4.42 Å². The summed E-state index contributed by atoms with van der Waals surface area (Å²) in [4.78, 5) is 4.32. The van der Waals surface area contributed by atoms with Crippen molar-refractivity contribution in [3.8, 4) is 0 Å². The maximum atomic E-state index is 5.55. The van der Waals surface area contributed by atoms with E-state index in [1.807, 2.05) is 25.4 Å². The molecule has 2 rings (SSSR count). The lowest BCUT2D eigenvalue weighted by molar-refractivity contribution is 0.468. The molecule has 2 aromatic rings. The van der Waals surface area contributed by atoms with Gasteiger partial charge in [0.25, 0.3) is 0 Å². The van der Waals surface area contributed by atoms with Crippen molar-refractivity contribution in [3.63, 3.8) is 0 Å². The fourth-order valence-electron chi connectivity index (χ4n) is 2.06. The number of nitrogens with zero attached hydrogens (tertiary/aromatic N) is 1. The minimum absolute atomic E-state index is 0.264. The molecule has 0 bridgehead atoms. The summed E-state index contributed by atoms with van der Waals surface area (Å²) in [6.45, 7) is 8.28. The summed E-state index contributed by atoms with van der Waals surface area (Å²) in [6.07, 6.45) is 1.84. The molecule has 2 aromatic heterocycles. The van der Waals surface area contributed by atoms with E-state index in [1.54, 1.807) is 11.3 Å². The highest BCUT2D eigenvalue weighted by molar-refractivity contribution is 7.09. The Balaban J connectivity index is 2.06. The van der Waals surface area contributed by atoms with E-state index >= 15 is 0 Å². The van der Waals surface area contributed by atoms with E-state index in [9.17, 15) is 0 Å². The summed E-state index contributed by atoms with van der Waals surface area (Å²) in [5.41, 5.74) is 1.23. The van der Waals surface area contributed by atoms with E-state index in [0.29, 0.717) is 0 Å². The summed E-state index contributed by atoms with van der Waals surface area (Å²) in [7, 11) is 0. The van der Waals surface area contributed by atoms with Gasteiger partial charge in [0.1, 0.15) is 16.5 Å². The molecule has 0 saturated carbocycles. The monoisotopic (exact) mass is 250 g/mol. The maximum Gasteiger partial charge on any atom is 0.109 e. The van der Waals surface area contributed by atoms with Crippen molar-refractivity contribution in [1.82, 2.24) is 10.3 Å². The van der Waals surface area contributed by atoms with Gasteiger partial charge in [0, 0.05) is 23.2 Å². The quantitative estimate of drug-likeness (QED) is 0.897. The first-order valence-electron chi connectivity index (χ1n) is 5.80. The molecular formula is C13H18N2OS. The molecule has 0 radical (unpaired) electrons. The molecule has 0 fully saturated rings. The van der Waals surface area contributed by atoms with Gasteiger partial charge in [-0.3, -0.25) is 0 Å². The Hall–Kier alpha value is -1.13. The lowest BCUT2D eigenvalue weighted by atomic mass is 10.1. The van der Waals surface area contributed by atoms with Crippen molar-refractivity contribution in [2.45, 2.75) is 39.8 Å². The van der Waals surface area contributed by atoms with Crippen LogP contribution in [0.25, 0.3) is 0 Å². The Labute approximate surface area is 106 Å². The molecule has 4 heteroatoms. The molecule has 3 nitrogen and oxygen atoms in total. The highest BCUT2D eigenvalue weighted by Gasteiger charge is 2.16. The number of nitrogens with one attached hydrogen (secondary N) is 1. The lowest BCUT2D eigenvalue weighted by Gasteiger charge is -2.17. The minimum atomic E-state index is 0.264. The predicted molar refractivity (Wildman–Crippen MR) is 70.3 cm³/mol. The molecule has 2 heterocycles. The molecule has 0 amide bonds. The van der Waals surface area contributed by atoms with Crippen LogP contribution in [0.15, 0.2) is 22.1 Å². The third kappa shape index (κ3) is 2.76. The van der Waals surface area contributed by atoms with Gasteiger partial charge in [0.15, 0.2) is 0 Å². The molecule has 2 unspecified atom stereocenters. The molecule has 0 aliphatic heterocycles. The second-order valence-corrected chi connectivity index (χ2v) is 5.28. The zero-order valence-electron chi connectivity index (χ0n) is 10.7. The molecule has 1 N–H and O–H groups in total. The Kier molecular flexibility index (Phi) is 3.64. The molecule has 0 saturated heterocycles. The van der Waals surface area contributed by atoms with Crippen molar-refractivity contribution in [2.24, 2.45) is 0 Å². The van der Waals surface area contributed by atoms with Gasteiger partial charge in [-0.2, -0.15) is 0 Å². The fraction of sp³-hybridized carbons (Fsp3) is 0.462. The maximum absolute atomic E-state index is 5.55. The van der Waals surface area contributed by atoms with Gasteiger partial charge in [-0.1, -0.05) is 0 Å². The summed E-state index contributed by atoms with van der Waals surface area (Å²) in [5.74, 6) is 1.96. The Morgan fingerprint density at radius 2 is 2.06 bits per heavy atom. The molecule has 92 valence electrons. The second kappa shape index (κ2) is 5.02. The van der Waals surface area contributed by atoms with E-state index in [0.717, 1.165) is 16.5 Å². The lowest BCUT2D eigenvalue weighted by Crippen LogP contribution is -2.22. The molecule has 0 spiro atoms. The van der Waals surface area contributed by atoms with Crippen LogP contribution < -0.4 is 5.32 Å². The zero-order valence-corrected chi connectivity index (χ0v) is 11.5. The van der Waals surface area contributed by atoms with E-state index in [4.69, 9.17) is 4.42 Å². The van der Waals surface area contributed by atoms with E-state index in [-0.39, 0.29) is 12.1 Å². The van der Waals surface area contributed by atoms with Crippen LogP contribution in [0.5, 0.6) is 0 Å². The van der Waals surface area contributed by atoms with E-state index < -0.39 is 0 Å².